The highest BCUT2D eigenvalue weighted by molar-refractivity contribution is 5.88. The number of fused-ring (bicyclic) bond motifs is 1. The molecule has 0 radical (unpaired) electrons. The van der Waals surface area contributed by atoms with Gasteiger partial charge in [-0.25, -0.2) is 14.3 Å². The summed E-state index contributed by atoms with van der Waals surface area (Å²) in [5.41, 5.74) is 2.02. The first-order valence-electron chi connectivity index (χ1n) is 6.69. The fourth-order valence-electron chi connectivity index (χ4n) is 2.06. The zero-order valence-electron chi connectivity index (χ0n) is 11.7. The lowest BCUT2D eigenvalue weighted by molar-refractivity contribution is 0.0489. The van der Waals surface area contributed by atoms with Gasteiger partial charge in [0.1, 0.15) is 0 Å². The van der Waals surface area contributed by atoms with Gasteiger partial charge >= 0.3 is 5.97 Å². The normalized spacial score (nSPS) is 11.0. The topological polar surface area (TPSA) is 82.5 Å². The Morgan fingerprint density at radius 2 is 2.24 bits per heavy atom. The molecule has 0 fully saturated rings. The molecule has 0 aliphatic heterocycles. The Labute approximate surface area is 120 Å². The van der Waals surface area contributed by atoms with Crippen molar-refractivity contribution in [1.82, 2.24) is 19.6 Å². The van der Waals surface area contributed by atoms with Gasteiger partial charge in [-0.05, 0) is 13.3 Å². The maximum atomic E-state index is 11.9. The molecule has 7 heteroatoms. The summed E-state index contributed by atoms with van der Waals surface area (Å²) in [6, 6.07) is 0. The van der Waals surface area contributed by atoms with Crippen molar-refractivity contribution in [2.45, 2.75) is 20.3 Å². The van der Waals surface area contributed by atoms with Crippen molar-refractivity contribution in [3.05, 3.63) is 36.2 Å². The summed E-state index contributed by atoms with van der Waals surface area (Å²) in [6.45, 7) is 3.94. The summed E-state index contributed by atoms with van der Waals surface area (Å²) in [4.78, 5) is 20.3. The van der Waals surface area contributed by atoms with E-state index in [4.69, 9.17) is 9.15 Å². The first-order valence-corrected chi connectivity index (χ1v) is 6.69. The summed E-state index contributed by atoms with van der Waals surface area (Å²) in [6.07, 6.45) is 7.25. The lowest BCUT2D eigenvalue weighted by Gasteiger charge is -1.98. The molecular weight excluding hydrogens is 272 g/mol. The Morgan fingerprint density at radius 3 is 3.00 bits per heavy atom. The number of carbonyl (C=O) groups excluding carboxylic acids is 1. The second kappa shape index (κ2) is 5.35. The van der Waals surface area contributed by atoms with Crippen LogP contribution < -0.4 is 0 Å². The number of rotatable bonds is 4. The summed E-state index contributed by atoms with van der Waals surface area (Å²) in [7, 11) is 0. The van der Waals surface area contributed by atoms with Crippen LogP contribution in [0, 0.1) is 0 Å². The summed E-state index contributed by atoms with van der Waals surface area (Å²) < 4.78 is 12.3. The van der Waals surface area contributed by atoms with Crippen LogP contribution in [0.4, 0.5) is 0 Å². The number of carbonyl (C=O) groups is 1. The van der Waals surface area contributed by atoms with Crippen molar-refractivity contribution in [3.63, 3.8) is 0 Å². The molecule has 3 heterocycles. The number of esters is 1. The molecular formula is C14H14N4O3. The van der Waals surface area contributed by atoms with Crippen molar-refractivity contribution >= 4 is 11.5 Å². The minimum Gasteiger partial charge on any atom is -0.460 e. The number of aryl methyl sites for hydroxylation is 1. The quantitative estimate of drug-likeness (QED) is 0.683. The fourth-order valence-corrected chi connectivity index (χ4v) is 2.06. The van der Waals surface area contributed by atoms with Crippen LogP contribution in [0.1, 0.15) is 30.1 Å². The predicted octanol–water partition coefficient (Wildman–Crippen LogP) is 2.12. The van der Waals surface area contributed by atoms with E-state index in [2.05, 4.69) is 15.1 Å². The van der Waals surface area contributed by atoms with Crippen molar-refractivity contribution in [3.8, 4) is 11.5 Å². The molecule has 7 nitrogen and oxygen atoms in total. The van der Waals surface area contributed by atoms with E-state index in [-0.39, 0.29) is 5.76 Å². The van der Waals surface area contributed by atoms with Crippen LogP contribution in [0.3, 0.4) is 0 Å². The number of hydrogen-bond donors (Lipinski definition) is 0. The van der Waals surface area contributed by atoms with Crippen LogP contribution in [0.15, 0.2) is 29.2 Å². The third kappa shape index (κ3) is 2.26. The maximum absolute atomic E-state index is 11.9. The lowest BCUT2D eigenvalue weighted by atomic mass is 10.3. The summed E-state index contributed by atoms with van der Waals surface area (Å²) in [5, 5.41) is 4.20. The number of nitrogens with zero attached hydrogens (tertiary/aromatic N) is 4. The molecule has 3 aromatic heterocycles. The van der Waals surface area contributed by atoms with Crippen molar-refractivity contribution in [1.29, 1.82) is 0 Å². The van der Waals surface area contributed by atoms with E-state index in [1.165, 1.54) is 0 Å². The first kappa shape index (κ1) is 13.3. The van der Waals surface area contributed by atoms with E-state index in [0.29, 0.717) is 30.2 Å². The van der Waals surface area contributed by atoms with E-state index in [0.717, 1.165) is 5.52 Å². The van der Waals surface area contributed by atoms with Gasteiger partial charge in [0.25, 0.3) is 0 Å². The van der Waals surface area contributed by atoms with Gasteiger partial charge < -0.3 is 9.15 Å². The molecule has 0 saturated heterocycles. The minimum atomic E-state index is -0.498. The molecule has 3 rings (SSSR count). The molecule has 0 spiro atoms. The van der Waals surface area contributed by atoms with Gasteiger partial charge in [-0.1, -0.05) is 6.92 Å². The highest BCUT2D eigenvalue weighted by atomic mass is 16.5. The minimum absolute atomic E-state index is 0.151. The second-order valence-electron chi connectivity index (χ2n) is 4.33. The Balaban J connectivity index is 2.09. The van der Waals surface area contributed by atoms with Crippen molar-refractivity contribution in [2.24, 2.45) is 0 Å². The first-order chi connectivity index (χ1) is 10.2. The van der Waals surface area contributed by atoms with Gasteiger partial charge in [0.15, 0.2) is 0 Å². The van der Waals surface area contributed by atoms with Gasteiger partial charge in [-0.2, -0.15) is 5.10 Å². The summed E-state index contributed by atoms with van der Waals surface area (Å²) >= 11 is 0. The zero-order valence-corrected chi connectivity index (χ0v) is 11.7. The molecule has 0 bridgehead atoms. The average Bonchev–Trinajstić information content (AvgIpc) is 3.11. The van der Waals surface area contributed by atoms with Crippen LogP contribution in [0.5, 0.6) is 0 Å². The zero-order chi connectivity index (χ0) is 14.8. The van der Waals surface area contributed by atoms with Crippen LogP contribution in [-0.4, -0.2) is 32.2 Å². The van der Waals surface area contributed by atoms with Crippen molar-refractivity contribution in [2.75, 3.05) is 6.61 Å². The molecule has 21 heavy (non-hydrogen) atoms. The average molecular weight is 286 g/mol. The SMILES string of the molecule is CCOC(=O)c1oc(-c2cnn3ccncc23)nc1CC. The fraction of sp³-hybridized carbons (Fsp3) is 0.286. The Morgan fingerprint density at radius 1 is 1.38 bits per heavy atom. The largest absolute Gasteiger partial charge is 0.460 e. The van der Waals surface area contributed by atoms with E-state index in [9.17, 15) is 4.79 Å². The van der Waals surface area contributed by atoms with Crippen LogP contribution in [-0.2, 0) is 11.2 Å². The van der Waals surface area contributed by atoms with Gasteiger partial charge in [-0.3, -0.25) is 4.98 Å². The van der Waals surface area contributed by atoms with Crippen LogP contribution in [0.25, 0.3) is 17.0 Å². The molecule has 0 unspecified atom stereocenters. The Hall–Kier alpha value is -2.70. The number of ether oxygens (including phenoxy) is 1. The van der Waals surface area contributed by atoms with Crippen LogP contribution in [0.2, 0.25) is 0 Å². The van der Waals surface area contributed by atoms with Crippen molar-refractivity contribution < 1.29 is 13.9 Å². The van der Waals surface area contributed by atoms with E-state index in [1.807, 2.05) is 6.92 Å². The molecule has 0 atom stereocenters. The molecule has 0 amide bonds. The molecule has 0 N–H and O–H groups in total. The molecule has 0 aromatic carbocycles. The molecule has 0 saturated carbocycles. The van der Waals surface area contributed by atoms with Gasteiger partial charge in [0, 0.05) is 12.4 Å². The summed E-state index contributed by atoms with van der Waals surface area (Å²) in [5.74, 6) is -0.00167. The molecule has 3 aromatic rings. The van der Waals surface area contributed by atoms with E-state index in [1.54, 1.807) is 36.2 Å². The third-order valence-corrected chi connectivity index (χ3v) is 3.05. The monoisotopic (exact) mass is 286 g/mol. The maximum Gasteiger partial charge on any atom is 0.376 e. The highest BCUT2D eigenvalue weighted by Crippen LogP contribution is 2.26. The molecule has 0 aliphatic carbocycles. The smallest absolute Gasteiger partial charge is 0.376 e. The van der Waals surface area contributed by atoms with E-state index >= 15 is 0 Å². The number of hydrogen-bond acceptors (Lipinski definition) is 6. The Bertz CT molecular complexity index is 790. The second-order valence-corrected chi connectivity index (χ2v) is 4.33. The standard InChI is InChI=1S/C14H14N4O3/c1-3-10-12(14(19)20-4-2)21-13(17-10)9-7-16-18-6-5-15-8-11(9)18/h5-8H,3-4H2,1-2H3. The van der Waals surface area contributed by atoms with Gasteiger partial charge in [-0.15, -0.1) is 0 Å². The highest BCUT2D eigenvalue weighted by Gasteiger charge is 2.22. The number of oxazole rings is 1. The van der Waals surface area contributed by atoms with Gasteiger partial charge in [0.2, 0.25) is 11.7 Å². The predicted molar refractivity (Wildman–Crippen MR) is 73.8 cm³/mol. The lowest BCUT2D eigenvalue weighted by Crippen LogP contribution is -2.05. The van der Waals surface area contributed by atoms with E-state index < -0.39 is 5.97 Å². The number of aromatic nitrogens is 4. The van der Waals surface area contributed by atoms with Crippen LogP contribution >= 0.6 is 0 Å². The third-order valence-electron chi connectivity index (χ3n) is 3.05. The molecule has 108 valence electrons. The molecule has 0 aliphatic rings. The Kier molecular flexibility index (Phi) is 3.39. The van der Waals surface area contributed by atoms with Gasteiger partial charge in [0.05, 0.1) is 35.8 Å².